The molecular formula is C19H15N3O4S2. The number of thiazole rings is 1. The first-order valence-corrected chi connectivity index (χ1v) is 9.51. The van der Waals surface area contributed by atoms with Crippen molar-refractivity contribution in [3.8, 4) is 5.69 Å². The molecular weight excluding hydrogens is 398 g/mol. The summed E-state index contributed by atoms with van der Waals surface area (Å²) in [7, 11) is 1.30. The van der Waals surface area contributed by atoms with Crippen LogP contribution in [0.5, 0.6) is 0 Å². The predicted molar refractivity (Wildman–Crippen MR) is 109 cm³/mol. The fraction of sp³-hybridized carbons (Fsp3) is 0.105. The van der Waals surface area contributed by atoms with Crippen molar-refractivity contribution in [3.05, 3.63) is 68.5 Å². The molecule has 7 nitrogen and oxygen atoms in total. The predicted octanol–water partition coefficient (Wildman–Crippen LogP) is 3.72. The highest BCUT2D eigenvalue weighted by molar-refractivity contribution is 7.73. The number of carbonyl (C=O) groups excluding carboxylic acids is 2. The van der Waals surface area contributed by atoms with E-state index in [0.717, 1.165) is 11.3 Å². The highest BCUT2D eigenvalue weighted by atomic mass is 32.1. The Hall–Kier alpha value is -3.01. The molecule has 0 saturated heterocycles. The second-order valence-corrected chi connectivity index (χ2v) is 7.66. The van der Waals surface area contributed by atoms with E-state index in [0.29, 0.717) is 37.2 Å². The summed E-state index contributed by atoms with van der Waals surface area (Å²) in [6, 6.07) is 13.8. The number of hydrogen-bond donors (Lipinski definition) is 3. The molecule has 28 heavy (non-hydrogen) atoms. The quantitative estimate of drug-likeness (QED) is 0.448. The van der Waals surface area contributed by atoms with Gasteiger partial charge in [-0.25, -0.2) is 4.79 Å². The average Bonchev–Trinajstić information content (AvgIpc) is 3.04. The molecule has 1 amide bonds. The van der Waals surface area contributed by atoms with Gasteiger partial charge in [0.1, 0.15) is 10.7 Å². The smallest absolute Gasteiger partial charge is 0.337 e. The Kier molecular flexibility index (Phi) is 4.71. The van der Waals surface area contributed by atoms with Gasteiger partial charge in [0.2, 0.25) is 0 Å². The lowest BCUT2D eigenvalue weighted by Gasteiger charge is -2.26. The lowest BCUT2D eigenvalue weighted by atomic mass is 10.1. The number of aromatic nitrogens is 1. The minimum absolute atomic E-state index is 0.324. The number of ether oxygens (including phenoxy) is 1. The van der Waals surface area contributed by atoms with E-state index < -0.39 is 12.2 Å². The standard InChI is InChI=1S/C19H15N3O4S2/c1-26-18(25)10-7-8-12-13(9-10)22-15(21-16(12)23)14(28-19(22)27)17(24)20-11-5-3-2-4-6-11/h2-9,16,21,23H,1H3,(H,20,24). The zero-order valence-corrected chi connectivity index (χ0v) is 16.3. The van der Waals surface area contributed by atoms with Crippen LogP contribution in [0.4, 0.5) is 11.5 Å². The molecule has 3 N–H and O–H groups in total. The van der Waals surface area contributed by atoms with Crippen LogP contribution in [0.15, 0.2) is 48.5 Å². The van der Waals surface area contributed by atoms with Crippen LogP contribution >= 0.6 is 23.6 Å². The van der Waals surface area contributed by atoms with Gasteiger partial charge in [-0.15, -0.1) is 0 Å². The van der Waals surface area contributed by atoms with Crippen molar-refractivity contribution in [1.29, 1.82) is 0 Å². The number of aliphatic hydroxyl groups is 1. The van der Waals surface area contributed by atoms with E-state index in [4.69, 9.17) is 17.0 Å². The summed E-state index contributed by atoms with van der Waals surface area (Å²) >= 11 is 6.58. The molecule has 142 valence electrons. The van der Waals surface area contributed by atoms with E-state index in [1.54, 1.807) is 34.9 Å². The van der Waals surface area contributed by atoms with Gasteiger partial charge < -0.3 is 20.5 Å². The zero-order chi connectivity index (χ0) is 19.8. The third-order valence-corrected chi connectivity index (χ3v) is 5.68. The first kappa shape index (κ1) is 18.4. The fourth-order valence-corrected chi connectivity index (χ4v) is 4.29. The van der Waals surface area contributed by atoms with Gasteiger partial charge >= 0.3 is 5.97 Å². The zero-order valence-electron chi connectivity index (χ0n) is 14.6. The molecule has 1 aliphatic rings. The maximum Gasteiger partial charge on any atom is 0.337 e. The van der Waals surface area contributed by atoms with E-state index in [-0.39, 0.29) is 5.91 Å². The number of rotatable bonds is 3. The van der Waals surface area contributed by atoms with Crippen LogP contribution in [0.25, 0.3) is 5.69 Å². The number of fused-ring (bicyclic) bond motifs is 3. The summed E-state index contributed by atoms with van der Waals surface area (Å²) in [6.07, 6.45) is -1.05. The van der Waals surface area contributed by atoms with Crippen molar-refractivity contribution in [2.24, 2.45) is 0 Å². The Balaban J connectivity index is 1.80. The minimum Gasteiger partial charge on any atom is -0.465 e. The molecule has 1 aliphatic heterocycles. The second kappa shape index (κ2) is 7.19. The number of nitrogens with zero attached hydrogens (tertiary/aromatic N) is 1. The van der Waals surface area contributed by atoms with Gasteiger partial charge in [-0.1, -0.05) is 35.6 Å². The normalized spacial score (nSPS) is 14.4. The summed E-state index contributed by atoms with van der Waals surface area (Å²) in [5.41, 5.74) is 2.05. The molecule has 0 saturated carbocycles. The van der Waals surface area contributed by atoms with Gasteiger partial charge in [-0.05, 0) is 36.5 Å². The number of esters is 1. The topological polar surface area (TPSA) is 92.6 Å². The summed E-state index contributed by atoms with van der Waals surface area (Å²) < 4.78 is 6.83. The van der Waals surface area contributed by atoms with Crippen LogP contribution in [0.3, 0.4) is 0 Å². The molecule has 3 aromatic rings. The van der Waals surface area contributed by atoms with Crippen LogP contribution in [-0.2, 0) is 4.74 Å². The third-order valence-electron chi connectivity index (χ3n) is 4.31. The highest BCUT2D eigenvalue weighted by Gasteiger charge is 2.29. The fourth-order valence-electron chi connectivity index (χ4n) is 3.01. The van der Waals surface area contributed by atoms with Gasteiger partial charge in [0.25, 0.3) is 5.91 Å². The van der Waals surface area contributed by atoms with Gasteiger partial charge in [0.05, 0.1) is 18.4 Å². The Morgan fingerprint density at radius 2 is 2.00 bits per heavy atom. The van der Waals surface area contributed by atoms with Crippen molar-refractivity contribution < 1.29 is 19.4 Å². The Bertz CT molecular complexity index is 1140. The molecule has 2 heterocycles. The average molecular weight is 413 g/mol. The lowest BCUT2D eigenvalue weighted by Crippen LogP contribution is -2.23. The Morgan fingerprint density at radius 1 is 1.25 bits per heavy atom. The Morgan fingerprint density at radius 3 is 2.71 bits per heavy atom. The lowest BCUT2D eigenvalue weighted by molar-refractivity contribution is 0.0600. The number of carbonyl (C=O) groups is 2. The van der Waals surface area contributed by atoms with E-state index >= 15 is 0 Å². The number of amides is 1. The van der Waals surface area contributed by atoms with Crippen molar-refractivity contribution in [3.63, 3.8) is 0 Å². The molecule has 1 aromatic heterocycles. The molecule has 0 aliphatic carbocycles. The molecule has 1 unspecified atom stereocenters. The van der Waals surface area contributed by atoms with Crippen molar-refractivity contribution in [2.45, 2.75) is 6.23 Å². The van der Waals surface area contributed by atoms with Gasteiger partial charge in [-0.2, -0.15) is 0 Å². The molecule has 9 heteroatoms. The molecule has 0 spiro atoms. The van der Waals surface area contributed by atoms with Gasteiger partial charge in [0.15, 0.2) is 10.2 Å². The SMILES string of the molecule is COC(=O)c1ccc2c(c1)-n1c(c(C(=O)Nc3ccccc3)sc1=S)NC2O. The molecule has 0 radical (unpaired) electrons. The number of benzene rings is 2. The summed E-state index contributed by atoms with van der Waals surface area (Å²) in [5.74, 6) is -0.463. The van der Waals surface area contributed by atoms with Crippen LogP contribution < -0.4 is 10.6 Å². The van der Waals surface area contributed by atoms with Crippen molar-refractivity contribution in [1.82, 2.24) is 4.57 Å². The van der Waals surface area contributed by atoms with Crippen molar-refractivity contribution in [2.75, 3.05) is 17.7 Å². The van der Waals surface area contributed by atoms with Gasteiger partial charge in [-0.3, -0.25) is 9.36 Å². The number of methoxy groups -OCH3 is 1. The summed E-state index contributed by atoms with van der Waals surface area (Å²) in [4.78, 5) is 25.0. The number of anilines is 2. The van der Waals surface area contributed by atoms with E-state index in [1.807, 2.05) is 18.2 Å². The van der Waals surface area contributed by atoms with E-state index in [2.05, 4.69) is 10.6 Å². The van der Waals surface area contributed by atoms with Crippen LogP contribution in [-0.4, -0.2) is 28.7 Å². The van der Waals surface area contributed by atoms with Gasteiger partial charge in [0, 0.05) is 11.3 Å². The second-order valence-electron chi connectivity index (χ2n) is 6.01. The number of aliphatic hydroxyl groups excluding tert-OH is 1. The molecule has 4 rings (SSSR count). The summed E-state index contributed by atoms with van der Waals surface area (Å²) in [5, 5.41) is 16.2. The molecule has 0 bridgehead atoms. The largest absolute Gasteiger partial charge is 0.465 e. The maximum absolute atomic E-state index is 12.8. The van der Waals surface area contributed by atoms with E-state index in [9.17, 15) is 14.7 Å². The van der Waals surface area contributed by atoms with E-state index in [1.165, 1.54) is 7.11 Å². The third kappa shape index (κ3) is 3.09. The number of para-hydroxylation sites is 1. The molecule has 2 aromatic carbocycles. The first-order chi connectivity index (χ1) is 13.5. The highest BCUT2D eigenvalue weighted by Crippen LogP contribution is 2.38. The summed E-state index contributed by atoms with van der Waals surface area (Å²) in [6.45, 7) is 0. The molecule has 1 atom stereocenters. The number of nitrogens with one attached hydrogen (secondary N) is 2. The monoisotopic (exact) mass is 413 g/mol. The minimum atomic E-state index is -1.05. The van der Waals surface area contributed by atoms with Crippen LogP contribution in [0.1, 0.15) is 31.8 Å². The molecule has 0 fully saturated rings. The van der Waals surface area contributed by atoms with Crippen molar-refractivity contribution >= 4 is 46.9 Å². The number of hydrogen-bond acceptors (Lipinski definition) is 7. The van der Waals surface area contributed by atoms with Crippen LogP contribution in [0, 0.1) is 3.95 Å². The maximum atomic E-state index is 12.8. The first-order valence-electron chi connectivity index (χ1n) is 8.29. The Labute approximate surface area is 169 Å². The van der Waals surface area contributed by atoms with Crippen LogP contribution in [0.2, 0.25) is 0 Å².